The van der Waals surface area contributed by atoms with Crippen LogP contribution in [0.25, 0.3) is 0 Å². The maximum absolute atomic E-state index is 10.5. The molecule has 0 aliphatic carbocycles. The summed E-state index contributed by atoms with van der Waals surface area (Å²) < 4.78 is 0. The van der Waals surface area contributed by atoms with Gasteiger partial charge in [-0.1, -0.05) is 20.3 Å². The summed E-state index contributed by atoms with van der Waals surface area (Å²) in [6.45, 7) is 5.10. The van der Waals surface area contributed by atoms with E-state index in [2.05, 4.69) is 5.32 Å². The zero-order chi connectivity index (χ0) is 13.8. The van der Waals surface area contributed by atoms with Gasteiger partial charge in [0.15, 0.2) is 0 Å². The van der Waals surface area contributed by atoms with Crippen LogP contribution in [0, 0.1) is 0 Å². The fourth-order valence-corrected chi connectivity index (χ4v) is 1.18. The SMILES string of the molecule is CCCC(=O)Cl.CCCC(NC(C)=O)C(=O)O. The van der Waals surface area contributed by atoms with Crippen LogP contribution in [0.15, 0.2) is 0 Å². The van der Waals surface area contributed by atoms with E-state index >= 15 is 0 Å². The Labute approximate surface area is 107 Å². The predicted octanol–water partition coefficient (Wildman–Crippen LogP) is 1.93. The average molecular weight is 266 g/mol. The van der Waals surface area contributed by atoms with E-state index in [9.17, 15) is 14.4 Å². The lowest BCUT2D eigenvalue weighted by Gasteiger charge is -2.10. The minimum Gasteiger partial charge on any atom is -0.480 e. The summed E-state index contributed by atoms with van der Waals surface area (Å²) in [5.74, 6) is -1.27. The average Bonchev–Trinajstić information content (AvgIpc) is 2.16. The van der Waals surface area contributed by atoms with Crippen molar-refractivity contribution in [2.75, 3.05) is 0 Å². The van der Waals surface area contributed by atoms with Gasteiger partial charge in [0, 0.05) is 13.3 Å². The molecule has 1 unspecified atom stereocenters. The topological polar surface area (TPSA) is 83.5 Å². The van der Waals surface area contributed by atoms with Gasteiger partial charge in [-0.15, -0.1) is 0 Å². The van der Waals surface area contributed by atoms with Crippen LogP contribution >= 0.6 is 11.6 Å². The van der Waals surface area contributed by atoms with Crippen molar-refractivity contribution in [3.8, 4) is 0 Å². The molecule has 0 aliphatic heterocycles. The van der Waals surface area contributed by atoms with Crippen molar-refractivity contribution in [2.45, 2.75) is 52.5 Å². The predicted molar refractivity (Wildman–Crippen MR) is 65.9 cm³/mol. The van der Waals surface area contributed by atoms with Crippen molar-refractivity contribution < 1.29 is 19.5 Å². The van der Waals surface area contributed by atoms with Crippen molar-refractivity contribution in [2.24, 2.45) is 0 Å². The summed E-state index contributed by atoms with van der Waals surface area (Å²) in [5.41, 5.74) is 0. The van der Waals surface area contributed by atoms with Crippen LogP contribution in [0.1, 0.15) is 46.5 Å². The third-order valence-corrected chi connectivity index (χ3v) is 1.89. The fraction of sp³-hybridized carbons (Fsp3) is 0.727. The second-order valence-electron chi connectivity index (χ2n) is 3.49. The molecule has 1 amide bonds. The second-order valence-corrected chi connectivity index (χ2v) is 3.91. The molecule has 0 aromatic rings. The zero-order valence-corrected chi connectivity index (χ0v) is 11.2. The molecule has 0 fully saturated rings. The zero-order valence-electron chi connectivity index (χ0n) is 10.5. The lowest BCUT2D eigenvalue weighted by molar-refractivity contribution is -0.141. The maximum Gasteiger partial charge on any atom is 0.326 e. The minimum atomic E-state index is -0.970. The Morgan fingerprint density at radius 2 is 1.76 bits per heavy atom. The number of nitrogens with one attached hydrogen (secondary N) is 1. The summed E-state index contributed by atoms with van der Waals surface area (Å²) in [6.07, 6.45) is 2.58. The lowest BCUT2D eigenvalue weighted by Crippen LogP contribution is -2.39. The molecule has 0 aliphatic rings. The van der Waals surface area contributed by atoms with Crippen LogP contribution in [0.4, 0.5) is 0 Å². The number of hydrogen-bond acceptors (Lipinski definition) is 3. The first kappa shape index (κ1) is 18.3. The Balaban J connectivity index is 0. The first-order chi connectivity index (χ1) is 7.84. The fourth-order valence-electron chi connectivity index (χ4n) is 0.988. The molecule has 0 heterocycles. The Hall–Kier alpha value is -1.10. The van der Waals surface area contributed by atoms with Gasteiger partial charge in [-0.05, 0) is 24.4 Å². The Kier molecular flexibility index (Phi) is 12.2. The van der Waals surface area contributed by atoms with Crippen molar-refractivity contribution in [1.82, 2.24) is 5.32 Å². The number of amides is 1. The van der Waals surface area contributed by atoms with E-state index < -0.39 is 12.0 Å². The molecule has 0 saturated heterocycles. The largest absolute Gasteiger partial charge is 0.480 e. The summed E-state index contributed by atoms with van der Waals surface area (Å²) in [4.78, 5) is 30.7. The van der Waals surface area contributed by atoms with E-state index in [4.69, 9.17) is 16.7 Å². The Morgan fingerprint density at radius 3 is 1.94 bits per heavy atom. The van der Waals surface area contributed by atoms with Crippen molar-refractivity contribution in [3.05, 3.63) is 0 Å². The summed E-state index contributed by atoms with van der Waals surface area (Å²) in [7, 11) is 0. The van der Waals surface area contributed by atoms with Gasteiger partial charge in [-0.3, -0.25) is 9.59 Å². The van der Waals surface area contributed by atoms with Gasteiger partial charge < -0.3 is 10.4 Å². The van der Waals surface area contributed by atoms with E-state index in [1.807, 2.05) is 13.8 Å². The molecular formula is C11H20ClNO4. The molecule has 17 heavy (non-hydrogen) atoms. The van der Waals surface area contributed by atoms with Crippen molar-refractivity contribution in [1.29, 1.82) is 0 Å². The number of rotatable bonds is 6. The Morgan fingerprint density at radius 1 is 1.24 bits per heavy atom. The summed E-state index contributed by atoms with van der Waals surface area (Å²) >= 11 is 4.94. The summed E-state index contributed by atoms with van der Waals surface area (Å²) in [6, 6.07) is -0.725. The standard InChI is InChI=1S/C7H13NO3.C4H7ClO/c1-3-4-6(7(10)11)8-5(2)9;1-2-3-4(5)6/h6H,3-4H2,1-2H3,(H,8,9)(H,10,11);2-3H2,1H3. The van der Waals surface area contributed by atoms with Gasteiger partial charge in [-0.2, -0.15) is 0 Å². The lowest BCUT2D eigenvalue weighted by atomic mass is 10.2. The van der Waals surface area contributed by atoms with Crippen LogP contribution < -0.4 is 5.32 Å². The molecule has 0 aromatic carbocycles. The van der Waals surface area contributed by atoms with Crippen LogP contribution in [0.5, 0.6) is 0 Å². The third kappa shape index (κ3) is 14.9. The van der Waals surface area contributed by atoms with Gasteiger partial charge in [0.2, 0.25) is 11.1 Å². The number of aliphatic carboxylic acids is 1. The molecular weight excluding hydrogens is 246 g/mol. The summed E-state index contributed by atoms with van der Waals surface area (Å²) in [5, 5.41) is 10.6. The number of carboxylic acids is 1. The van der Waals surface area contributed by atoms with Crippen LogP contribution in [-0.2, 0) is 14.4 Å². The van der Waals surface area contributed by atoms with Crippen LogP contribution in [0.3, 0.4) is 0 Å². The van der Waals surface area contributed by atoms with E-state index in [0.29, 0.717) is 12.8 Å². The quantitative estimate of drug-likeness (QED) is 0.719. The molecule has 0 rings (SSSR count). The third-order valence-electron chi connectivity index (χ3n) is 1.70. The van der Waals surface area contributed by atoms with Gasteiger partial charge in [-0.25, -0.2) is 4.79 Å². The minimum absolute atomic E-state index is 0.238. The highest BCUT2D eigenvalue weighted by Gasteiger charge is 2.15. The van der Waals surface area contributed by atoms with Gasteiger partial charge in [0.05, 0.1) is 0 Å². The van der Waals surface area contributed by atoms with Crippen LogP contribution in [-0.4, -0.2) is 28.3 Å². The van der Waals surface area contributed by atoms with Crippen molar-refractivity contribution >= 4 is 28.7 Å². The number of carboxylic acid groups (broad SMARTS) is 1. The molecule has 0 aromatic heterocycles. The molecule has 5 nitrogen and oxygen atoms in total. The molecule has 0 bridgehead atoms. The highest BCUT2D eigenvalue weighted by atomic mass is 35.5. The first-order valence-electron chi connectivity index (χ1n) is 5.53. The van der Waals surface area contributed by atoms with E-state index in [1.54, 1.807) is 0 Å². The Bertz CT molecular complexity index is 256. The normalized spacial score (nSPS) is 10.8. The highest BCUT2D eigenvalue weighted by Crippen LogP contribution is 1.95. The van der Waals surface area contributed by atoms with E-state index in [0.717, 1.165) is 12.8 Å². The first-order valence-corrected chi connectivity index (χ1v) is 5.91. The second kappa shape index (κ2) is 11.4. The van der Waals surface area contributed by atoms with Gasteiger partial charge >= 0.3 is 5.97 Å². The van der Waals surface area contributed by atoms with Gasteiger partial charge in [0.25, 0.3) is 0 Å². The van der Waals surface area contributed by atoms with E-state index in [1.165, 1.54) is 6.92 Å². The molecule has 6 heteroatoms. The highest BCUT2D eigenvalue weighted by molar-refractivity contribution is 6.63. The number of hydrogen-bond donors (Lipinski definition) is 2. The number of halogens is 1. The molecule has 100 valence electrons. The number of carbonyl (C=O) groups excluding carboxylic acids is 2. The smallest absolute Gasteiger partial charge is 0.326 e. The maximum atomic E-state index is 10.5. The van der Waals surface area contributed by atoms with Gasteiger partial charge in [0.1, 0.15) is 6.04 Å². The molecule has 0 saturated carbocycles. The number of carbonyl (C=O) groups is 3. The molecule has 0 spiro atoms. The molecule has 0 radical (unpaired) electrons. The van der Waals surface area contributed by atoms with E-state index in [-0.39, 0.29) is 11.1 Å². The molecule has 1 atom stereocenters. The van der Waals surface area contributed by atoms with Crippen LogP contribution in [0.2, 0.25) is 0 Å². The van der Waals surface area contributed by atoms with Crippen molar-refractivity contribution in [3.63, 3.8) is 0 Å². The molecule has 2 N–H and O–H groups in total. The monoisotopic (exact) mass is 265 g/mol.